The molecule has 0 aromatic heterocycles. The minimum Gasteiger partial charge on any atom is -0.497 e. The summed E-state index contributed by atoms with van der Waals surface area (Å²) in [6.45, 7) is 0.438. The summed E-state index contributed by atoms with van der Waals surface area (Å²) in [7, 11) is 1.54. The Morgan fingerprint density at radius 3 is 2.70 bits per heavy atom. The quantitative estimate of drug-likeness (QED) is 0.882. The van der Waals surface area contributed by atoms with E-state index < -0.39 is 5.97 Å². The van der Waals surface area contributed by atoms with Gasteiger partial charge >= 0.3 is 5.97 Å². The Kier molecular flexibility index (Phi) is 4.48. The maximum Gasteiger partial charge on any atom is 0.337 e. The Morgan fingerprint density at radius 1 is 1.30 bits per heavy atom. The number of halogens is 1. The third-order valence-corrected chi connectivity index (χ3v) is 3.25. The second-order valence-electron chi connectivity index (χ2n) is 4.16. The summed E-state index contributed by atoms with van der Waals surface area (Å²) in [6, 6.07) is 12.2. The van der Waals surface area contributed by atoms with E-state index >= 15 is 0 Å². The number of rotatable bonds is 5. The van der Waals surface area contributed by atoms with Crippen LogP contribution in [0.25, 0.3) is 0 Å². The van der Waals surface area contributed by atoms with Crippen molar-refractivity contribution >= 4 is 23.3 Å². The lowest BCUT2D eigenvalue weighted by atomic mass is 10.1. The smallest absolute Gasteiger partial charge is 0.337 e. The van der Waals surface area contributed by atoms with Crippen LogP contribution in [0, 0.1) is 0 Å². The standard InChI is InChI=1S/C15H14ClNO3/c1-20-11-6-7-12(15(18)19)14(8-11)17-9-10-4-2-3-5-13(10)16/h2-8,17H,9H2,1H3,(H,18,19). The molecule has 0 aliphatic rings. The Bertz CT molecular complexity index is 628. The predicted octanol–water partition coefficient (Wildman–Crippen LogP) is 3.66. The zero-order valence-electron chi connectivity index (χ0n) is 10.9. The van der Waals surface area contributed by atoms with Gasteiger partial charge in [0.25, 0.3) is 0 Å². The molecular weight excluding hydrogens is 278 g/mol. The Morgan fingerprint density at radius 2 is 2.05 bits per heavy atom. The van der Waals surface area contributed by atoms with Gasteiger partial charge in [0.2, 0.25) is 0 Å². The number of aromatic carboxylic acids is 1. The summed E-state index contributed by atoms with van der Waals surface area (Å²) in [6.07, 6.45) is 0. The summed E-state index contributed by atoms with van der Waals surface area (Å²) >= 11 is 6.07. The van der Waals surface area contributed by atoms with Crippen LogP contribution < -0.4 is 10.1 Å². The van der Waals surface area contributed by atoms with Crippen LogP contribution in [-0.4, -0.2) is 18.2 Å². The lowest BCUT2D eigenvalue weighted by Crippen LogP contribution is -2.07. The molecule has 0 amide bonds. The van der Waals surface area contributed by atoms with Gasteiger partial charge in [0, 0.05) is 17.6 Å². The molecule has 0 unspecified atom stereocenters. The molecule has 2 rings (SSSR count). The number of methoxy groups -OCH3 is 1. The van der Waals surface area contributed by atoms with E-state index in [1.54, 1.807) is 18.2 Å². The van der Waals surface area contributed by atoms with Gasteiger partial charge in [0.15, 0.2) is 0 Å². The number of hydrogen-bond donors (Lipinski definition) is 2. The fraction of sp³-hybridized carbons (Fsp3) is 0.133. The average molecular weight is 292 g/mol. The number of anilines is 1. The fourth-order valence-corrected chi connectivity index (χ4v) is 2.02. The van der Waals surface area contributed by atoms with Crippen LogP contribution in [0.1, 0.15) is 15.9 Å². The summed E-state index contributed by atoms with van der Waals surface area (Å²) in [4.78, 5) is 11.2. The summed E-state index contributed by atoms with van der Waals surface area (Å²) in [5.74, 6) is -0.397. The van der Waals surface area contributed by atoms with E-state index in [-0.39, 0.29) is 5.56 Å². The van der Waals surface area contributed by atoms with Gasteiger partial charge < -0.3 is 15.2 Å². The zero-order valence-corrected chi connectivity index (χ0v) is 11.6. The molecule has 2 aromatic rings. The van der Waals surface area contributed by atoms with Crippen molar-refractivity contribution < 1.29 is 14.6 Å². The lowest BCUT2D eigenvalue weighted by Gasteiger charge is -2.12. The van der Waals surface area contributed by atoms with Crippen LogP contribution in [0.2, 0.25) is 5.02 Å². The van der Waals surface area contributed by atoms with E-state index in [1.807, 2.05) is 18.2 Å². The Labute approximate surface area is 122 Å². The molecule has 2 aromatic carbocycles. The van der Waals surface area contributed by atoms with Crippen LogP contribution >= 0.6 is 11.6 Å². The van der Waals surface area contributed by atoms with Gasteiger partial charge in [0.1, 0.15) is 5.75 Å². The van der Waals surface area contributed by atoms with E-state index in [0.29, 0.717) is 23.0 Å². The van der Waals surface area contributed by atoms with Crippen LogP contribution in [0.15, 0.2) is 42.5 Å². The predicted molar refractivity (Wildman–Crippen MR) is 78.7 cm³/mol. The minimum atomic E-state index is -0.991. The lowest BCUT2D eigenvalue weighted by molar-refractivity contribution is 0.0698. The van der Waals surface area contributed by atoms with E-state index in [4.69, 9.17) is 16.3 Å². The fourth-order valence-electron chi connectivity index (χ4n) is 1.82. The number of hydrogen-bond acceptors (Lipinski definition) is 3. The molecule has 4 nitrogen and oxygen atoms in total. The maximum absolute atomic E-state index is 11.2. The molecule has 104 valence electrons. The molecule has 0 aliphatic carbocycles. The van der Waals surface area contributed by atoms with Gasteiger partial charge in [-0.1, -0.05) is 29.8 Å². The molecule has 2 N–H and O–H groups in total. The number of nitrogens with one attached hydrogen (secondary N) is 1. The zero-order chi connectivity index (χ0) is 14.5. The monoisotopic (exact) mass is 291 g/mol. The van der Waals surface area contributed by atoms with Crippen molar-refractivity contribution in [3.05, 3.63) is 58.6 Å². The number of carbonyl (C=O) groups is 1. The molecule has 0 atom stereocenters. The summed E-state index contributed by atoms with van der Waals surface area (Å²) < 4.78 is 5.11. The van der Waals surface area contributed by atoms with Crippen molar-refractivity contribution in [2.45, 2.75) is 6.54 Å². The summed E-state index contributed by atoms with van der Waals surface area (Å²) in [5.41, 5.74) is 1.59. The second-order valence-corrected chi connectivity index (χ2v) is 4.57. The third kappa shape index (κ3) is 3.22. The molecule has 0 radical (unpaired) electrons. The van der Waals surface area contributed by atoms with Gasteiger partial charge in [0.05, 0.1) is 18.4 Å². The highest BCUT2D eigenvalue weighted by molar-refractivity contribution is 6.31. The molecule has 0 spiro atoms. The molecular formula is C15H14ClNO3. The molecule has 0 saturated carbocycles. The van der Waals surface area contributed by atoms with Crippen molar-refractivity contribution in [2.24, 2.45) is 0 Å². The molecule has 0 saturated heterocycles. The van der Waals surface area contributed by atoms with E-state index in [1.165, 1.54) is 13.2 Å². The van der Waals surface area contributed by atoms with E-state index in [9.17, 15) is 9.90 Å². The van der Waals surface area contributed by atoms with Gasteiger partial charge in [-0.3, -0.25) is 0 Å². The molecule has 20 heavy (non-hydrogen) atoms. The van der Waals surface area contributed by atoms with E-state index in [2.05, 4.69) is 5.32 Å². The molecule has 0 heterocycles. The SMILES string of the molecule is COc1ccc(C(=O)O)c(NCc2ccccc2Cl)c1. The molecule has 5 heteroatoms. The average Bonchev–Trinajstić information content (AvgIpc) is 2.46. The van der Waals surface area contributed by atoms with Gasteiger partial charge in [-0.25, -0.2) is 4.79 Å². The first kappa shape index (κ1) is 14.2. The van der Waals surface area contributed by atoms with Crippen molar-refractivity contribution in [1.29, 1.82) is 0 Å². The van der Waals surface area contributed by atoms with Crippen molar-refractivity contribution in [1.82, 2.24) is 0 Å². The highest BCUT2D eigenvalue weighted by Crippen LogP contribution is 2.24. The van der Waals surface area contributed by atoms with Crippen LogP contribution in [0.3, 0.4) is 0 Å². The number of carboxylic acids is 1. The first-order chi connectivity index (χ1) is 9.61. The number of carboxylic acid groups (broad SMARTS) is 1. The number of ether oxygens (including phenoxy) is 1. The first-order valence-electron chi connectivity index (χ1n) is 6.00. The molecule has 0 bridgehead atoms. The van der Waals surface area contributed by atoms with Gasteiger partial charge in [-0.15, -0.1) is 0 Å². The second kappa shape index (κ2) is 6.30. The van der Waals surface area contributed by atoms with Gasteiger partial charge in [-0.2, -0.15) is 0 Å². The van der Waals surface area contributed by atoms with Crippen LogP contribution in [-0.2, 0) is 6.54 Å². The Balaban J connectivity index is 2.24. The number of benzene rings is 2. The summed E-state index contributed by atoms with van der Waals surface area (Å²) in [5, 5.41) is 12.9. The van der Waals surface area contributed by atoms with Crippen LogP contribution in [0.5, 0.6) is 5.75 Å². The Hall–Kier alpha value is -2.20. The van der Waals surface area contributed by atoms with Crippen molar-refractivity contribution in [2.75, 3.05) is 12.4 Å². The topological polar surface area (TPSA) is 58.6 Å². The molecule has 0 aliphatic heterocycles. The maximum atomic E-state index is 11.2. The molecule has 0 fully saturated rings. The third-order valence-electron chi connectivity index (χ3n) is 2.88. The van der Waals surface area contributed by atoms with E-state index in [0.717, 1.165) is 5.56 Å². The largest absolute Gasteiger partial charge is 0.497 e. The highest BCUT2D eigenvalue weighted by atomic mass is 35.5. The van der Waals surface area contributed by atoms with Crippen LogP contribution in [0.4, 0.5) is 5.69 Å². The van der Waals surface area contributed by atoms with Crippen molar-refractivity contribution in [3.63, 3.8) is 0 Å². The highest BCUT2D eigenvalue weighted by Gasteiger charge is 2.11. The first-order valence-corrected chi connectivity index (χ1v) is 6.38. The normalized spacial score (nSPS) is 10.1. The minimum absolute atomic E-state index is 0.192. The van der Waals surface area contributed by atoms with Crippen molar-refractivity contribution in [3.8, 4) is 5.75 Å². The van der Waals surface area contributed by atoms with Gasteiger partial charge in [-0.05, 0) is 23.8 Å².